The fourth-order valence-electron chi connectivity index (χ4n) is 3.89. The molecule has 2 aliphatic heterocycles. The van der Waals surface area contributed by atoms with E-state index >= 15 is 0 Å². The summed E-state index contributed by atoms with van der Waals surface area (Å²) in [5.41, 5.74) is 4.04. The molecular formula is C29H25N3O3S. The van der Waals surface area contributed by atoms with Gasteiger partial charge >= 0.3 is 0 Å². The van der Waals surface area contributed by atoms with Gasteiger partial charge in [-0.1, -0.05) is 66.4 Å². The lowest BCUT2D eigenvalue weighted by Crippen LogP contribution is -2.38. The van der Waals surface area contributed by atoms with Crippen molar-refractivity contribution in [2.24, 2.45) is 4.99 Å². The van der Waals surface area contributed by atoms with E-state index in [4.69, 9.17) is 14.9 Å². The molecule has 180 valence electrons. The summed E-state index contributed by atoms with van der Waals surface area (Å²) in [7, 11) is 0. The predicted octanol–water partition coefficient (Wildman–Crippen LogP) is 6.15. The quantitative estimate of drug-likeness (QED) is 0.300. The number of amidine groups is 2. The minimum atomic E-state index is -0.407. The van der Waals surface area contributed by atoms with E-state index in [1.807, 2.05) is 91.2 Å². The van der Waals surface area contributed by atoms with E-state index in [0.29, 0.717) is 18.4 Å². The van der Waals surface area contributed by atoms with Gasteiger partial charge in [0.1, 0.15) is 17.3 Å². The highest BCUT2D eigenvalue weighted by molar-refractivity contribution is 8.17. The first-order chi connectivity index (χ1) is 17.6. The Kier molecular flexibility index (Phi) is 7.00. The highest BCUT2D eigenvalue weighted by Gasteiger charge is 2.36. The molecule has 0 aromatic heterocycles. The summed E-state index contributed by atoms with van der Waals surface area (Å²) in [6.45, 7) is 3.15. The molecule has 0 aliphatic carbocycles. The van der Waals surface area contributed by atoms with Crippen molar-refractivity contribution < 1.29 is 14.3 Å². The maximum atomic E-state index is 12.7. The number of aliphatic imine (C=N–C) groups is 1. The van der Waals surface area contributed by atoms with Gasteiger partial charge in [-0.25, -0.2) is 0 Å². The van der Waals surface area contributed by atoms with Crippen LogP contribution in [0.3, 0.4) is 0 Å². The molecule has 36 heavy (non-hydrogen) atoms. The topological polar surface area (TPSA) is 75.0 Å². The molecule has 0 radical (unpaired) electrons. The van der Waals surface area contributed by atoms with Crippen molar-refractivity contribution in [2.75, 3.05) is 13.2 Å². The van der Waals surface area contributed by atoms with Gasteiger partial charge in [0, 0.05) is 11.8 Å². The Hall–Kier alpha value is -4.10. The zero-order valence-corrected chi connectivity index (χ0v) is 20.6. The number of carbonyl (C=O) groups is 1. The zero-order chi connectivity index (χ0) is 24.9. The Balaban J connectivity index is 1.20. The van der Waals surface area contributed by atoms with E-state index in [1.54, 1.807) is 11.0 Å². The van der Waals surface area contributed by atoms with Gasteiger partial charge in [0.15, 0.2) is 5.17 Å². The number of amides is 1. The first kappa shape index (κ1) is 23.6. The van der Waals surface area contributed by atoms with Crippen molar-refractivity contribution in [2.45, 2.75) is 13.3 Å². The molecule has 3 aromatic rings. The maximum Gasteiger partial charge on any atom is 0.283 e. The number of fused-ring (bicyclic) bond motifs is 1. The van der Waals surface area contributed by atoms with E-state index in [-0.39, 0.29) is 11.4 Å². The molecule has 0 unspecified atom stereocenters. The molecule has 0 fully saturated rings. The third kappa shape index (κ3) is 5.26. The van der Waals surface area contributed by atoms with E-state index in [9.17, 15) is 4.79 Å². The molecule has 1 N–H and O–H groups in total. The number of rotatable bonds is 8. The van der Waals surface area contributed by atoms with E-state index in [1.165, 1.54) is 17.3 Å². The van der Waals surface area contributed by atoms with Gasteiger partial charge < -0.3 is 9.47 Å². The molecular weight excluding hydrogens is 470 g/mol. The second kappa shape index (κ2) is 10.7. The van der Waals surface area contributed by atoms with Gasteiger partial charge in [0.25, 0.3) is 5.91 Å². The maximum absolute atomic E-state index is 12.7. The smallest absolute Gasteiger partial charge is 0.283 e. The first-order valence-electron chi connectivity index (χ1n) is 11.7. The third-order valence-electron chi connectivity index (χ3n) is 5.69. The Morgan fingerprint density at radius 1 is 0.944 bits per heavy atom. The number of carbonyl (C=O) groups excluding carboxylic acids is 1. The summed E-state index contributed by atoms with van der Waals surface area (Å²) in [5, 5.41) is 11.2. The molecule has 7 heteroatoms. The van der Waals surface area contributed by atoms with Crippen LogP contribution in [-0.2, 0) is 4.79 Å². The summed E-state index contributed by atoms with van der Waals surface area (Å²) < 4.78 is 11.6. The number of hydrogen-bond donors (Lipinski definition) is 1. The molecule has 0 bridgehead atoms. The van der Waals surface area contributed by atoms with Gasteiger partial charge in [-0.05, 0) is 54.0 Å². The minimum Gasteiger partial charge on any atom is -0.493 e. The number of thioether (sulfide) groups is 1. The lowest BCUT2D eigenvalue weighted by atomic mass is 10.1. The van der Waals surface area contributed by atoms with Crippen LogP contribution in [0.25, 0.3) is 11.8 Å². The second-order valence-corrected chi connectivity index (χ2v) is 9.20. The molecule has 0 saturated heterocycles. The van der Waals surface area contributed by atoms with Crippen molar-refractivity contribution in [3.05, 3.63) is 107 Å². The third-order valence-corrected chi connectivity index (χ3v) is 6.52. The minimum absolute atomic E-state index is 0.124. The Bertz CT molecular complexity index is 1380. The normalized spacial score (nSPS) is 16.0. The van der Waals surface area contributed by atoms with E-state index < -0.39 is 5.91 Å². The van der Waals surface area contributed by atoms with Crippen molar-refractivity contribution in [3.63, 3.8) is 0 Å². The molecule has 5 rings (SSSR count). The monoisotopic (exact) mass is 495 g/mol. The van der Waals surface area contributed by atoms with Crippen LogP contribution >= 0.6 is 11.8 Å². The van der Waals surface area contributed by atoms with Crippen LogP contribution in [0.4, 0.5) is 0 Å². The molecule has 3 aromatic carbocycles. The summed E-state index contributed by atoms with van der Waals surface area (Å²) in [5.74, 6) is 1.32. The number of aryl methyl sites for hydroxylation is 1. The lowest BCUT2D eigenvalue weighted by molar-refractivity contribution is -0.114. The number of ether oxygens (including phenoxy) is 2. The number of nitrogens with one attached hydrogen (secondary N) is 1. The number of hydrogen-bond acceptors (Lipinski definition) is 5. The summed E-state index contributed by atoms with van der Waals surface area (Å²) in [4.78, 5) is 18.6. The SMILES string of the molecule is Cc1cccc(OCCCOc2ccc(/C=C3/C(=N)N4C(c5ccccc5)=CSC4=NC3=O)cc2)c1. The average molecular weight is 496 g/mol. The standard InChI is InChI=1S/C29H25N3O3S/c1-20-7-5-10-24(17-20)35-16-6-15-34-23-13-11-21(12-14-23)18-25-27(30)32-26(22-8-3-2-4-9-22)19-36-29(32)31-28(25)33/h2-5,7-14,17-19,30H,6,15-16H2,1H3/b25-18-,30-27?. The average Bonchev–Trinajstić information content (AvgIpc) is 3.32. The number of benzene rings is 3. The first-order valence-corrected chi connectivity index (χ1v) is 12.5. The van der Waals surface area contributed by atoms with Crippen molar-refractivity contribution in [3.8, 4) is 11.5 Å². The van der Waals surface area contributed by atoms with Crippen molar-refractivity contribution >= 4 is 40.4 Å². The predicted molar refractivity (Wildman–Crippen MR) is 145 cm³/mol. The van der Waals surface area contributed by atoms with Crippen molar-refractivity contribution in [1.82, 2.24) is 4.90 Å². The Morgan fingerprint density at radius 2 is 1.69 bits per heavy atom. The molecule has 0 saturated carbocycles. The Morgan fingerprint density at radius 3 is 2.44 bits per heavy atom. The molecule has 0 spiro atoms. The van der Waals surface area contributed by atoms with Gasteiger partial charge in [0.05, 0.1) is 24.5 Å². The van der Waals surface area contributed by atoms with Crippen LogP contribution in [0.5, 0.6) is 11.5 Å². The van der Waals surface area contributed by atoms with E-state index in [0.717, 1.165) is 34.7 Å². The second-order valence-electron chi connectivity index (χ2n) is 8.36. The number of nitrogens with zero attached hydrogens (tertiary/aromatic N) is 2. The van der Waals surface area contributed by atoms with Crippen LogP contribution in [0.15, 0.2) is 94.8 Å². The van der Waals surface area contributed by atoms with Crippen LogP contribution in [0, 0.1) is 12.3 Å². The molecule has 6 nitrogen and oxygen atoms in total. The zero-order valence-electron chi connectivity index (χ0n) is 19.8. The summed E-state index contributed by atoms with van der Waals surface area (Å²) in [6, 6.07) is 25.3. The van der Waals surface area contributed by atoms with Crippen LogP contribution in [0.2, 0.25) is 0 Å². The van der Waals surface area contributed by atoms with Crippen LogP contribution in [0.1, 0.15) is 23.1 Å². The lowest BCUT2D eigenvalue weighted by Gasteiger charge is -2.26. The summed E-state index contributed by atoms with van der Waals surface area (Å²) in [6.07, 6.45) is 2.47. The van der Waals surface area contributed by atoms with Crippen molar-refractivity contribution in [1.29, 1.82) is 5.41 Å². The highest BCUT2D eigenvalue weighted by Crippen LogP contribution is 2.37. The molecule has 1 amide bonds. The highest BCUT2D eigenvalue weighted by atomic mass is 32.2. The largest absolute Gasteiger partial charge is 0.493 e. The van der Waals surface area contributed by atoms with Gasteiger partial charge in [-0.3, -0.25) is 15.1 Å². The fraction of sp³-hybridized carbons (Fsp3) is 0.138. The van der Waals surface area contributed by atoms with Gasteiger partial charge in [-0.15, -0.1) is 0 Å². The van der Waals surface area contributed by atoms with Gasteiger partial charge in [0.2, 0.25) is 0 Å². The molecule has 2 heterocycles. The summed E-state index contributed by atoms with van der Waals surface area (Å²) >= 11 is 1.36. The fourth-order valence-corrected chi connectivity index (χ4v) is 4.77. The van der Waals surface area contributed by atoms with E-state index in [2.05, 4.69) is 4.99 Å². The van der Waals surface area contributed by atoms with Crippen LogP contribution < -0.4 is 9.47 Å². The Labute approximate surface area is 214 Å². The molecule has 2 aliphatic rings. The molecule has 0 atom stereocenters. The van der Waals surface area contributed by atoms with Gasteiger partial charge in [-0.2, -0.15) is 4.99 Å². The van der Waals surface area contributed by atoms with Crippen LogP contribution in [-0.4, -0.2) is 35.0 Å².